The molecular formula is C14H24N4O. The molecule has 1 aromatic rings. The Labute approximate surface area is 115 Å². The van der Waals surface area contributed by atoms with Crippen LogP contribution in [0, 0.1) is 0 Å². The topological polar surface area (TPSA) is 58.5 Å². The number of nitrogens with zero attached hydrogens (tertiary/aromatic N) is 2. The van der Waals surface area contributed by atoms with Crippen molar-refractivity contribution in [1.29, 1.82) is 0 Å². The largest absolute Gasteiger partial charge is 0.490 e. The lowest BCUT2D eigenvalue weighted by Gasteiger charge is -2.12. The molecule has 0 radical (unpaired) electrons. The molecule has 0 aromatic carbocycles. The van der Waals surface area contributed by atoms with Crippen molar-refractivity contribution >= 4 is 5.96 Å². The van der Waals surface area contributed by atoms with Crippen molar-refractivity contribution in [1.82, 2.24) is 15.6 Å². The number of unbranched alkanes of at least 4 members (excludes halogenated alkanes) is 2. The zero-order valence-electron chi connectivity index (χ0n) is 11.9. The molecule has 0 aliphatic heterocycles. The minimum atomic E-state index is 0.585. The van der Waals surface area contributed by atoms with Crippen LogP contribution in [0.1, 0.15) is 26.2 Å². The lowest BCUT2D eigenvalue weighted by atomic mass is 10.2. The summed E-state index contributed by atoms with van der Waals surface area (Å²) in [5.41, 5.74) is 0. The van der Waals surface area contributed by atoms with Crippen LogP contribution in [0.5, 0.6) is 5.75 Å². The fraction of sp³-hybridized carbons (Fsp3) is 0.571. The lowest BCUT2D eigenvalue weighted by molar-refractivity contribution is 0.320. The number of guanidine groups is 1. The number of pyridine rings is 1. The van der Waals surface area contributed by atoms with Gasteiger partial charge in [-0.05, 0) is 18.6 Å². The van der Waals surface area contributed by atoms with E-state index in [-0.39, 0.29) is 0 Å². The summed E-state index contributed by atoms with van der Waals surface area (Å²) in [6.07, 6.45) is 7.08. The smallest absolute Gasteiger partial charge is 0.191 e. The van der Waals surface area contributed by atoms with Crippen LogP contribution < -0.4 is 15.4 Å². The first kappa shape index (κ1) is 15.3. The number of rotatable bonds is 8. The predicted molar refractivity (Wildman–Crippen MR) is 78.6 cm³/mol. The average Bonchev–Trinajstić information content (AvgIpc) is 2.46. The molecule has 1 rings (SSSR count). The Morgan fingerprint density at radius 1 is 1.32 bits per heavy atom. The molecule has 2 N–H and O–H groups in total. The minimum absolute atomic E-state index is 0.585. The summed E-state index contributed by atoms with van der Waals surface area (Å²) in [4.78, 5) is 8.15. The zero-order valence-corrected chi connectivity index (χ0v) is 11.9. The molecular weight excluding hydrogens is 240 g/mol. The molecule has 0 aliphatic carbocycles. The van der Waals surface area contributed by atoms with E-state index in [0.29, 0.717) is 13.2 Å². The SMILES string of the molecule is CCCCCNC(=NC)NCCOc1cccnc1. The summed E-state index contributed by atoms with van der Waals surface area (Å²) in [6, 6.07) is 3.75. The number of aliphatic imine (C=N–C) groups is 1. The third-order valence-corrected chi connectivity index (χ3v) is 2.59. The van der Waals surface area contributed by atoms with Crippen LogP contribution in [0.2, 0.25) is 0 Å². The molecule has 0 fully saturated rings. The Morgan fingerprint density at radius 3 is 2.84 bits per heavy atom. The van der Waals surface area contributed by atoms with Crippen molar-refractivity contribution in [2.24, 2.45) is 4.99 Å². The van der Waals surface area contributed by atoms with E-state index in [1.807, 2.05) is 12.1 Å². The first-order valence-electron chi connectivity index (χ1n) is 6.84. The van der Waals surface area contributed by atoms with Crippen molar-refractivity contribution < 1.29 is 4.74 Å². The maximum absolute atomic E-state index is 5.54. The van der Waals surface area contributed by atoms with Gasteiger partial charge in [-0.3, -0.25) is 9.98 Å². The van der Waals surface area contributed by atoms with Crippen LogP contribution in [0.4, 0.5) is 0 Å². The van der Waals surface area contributed by atoms with E-state index in [9.17, 15) is 0 Å². The molecule has 106 valence electrons. The number of ether oxygens (including phenoxy) is 1. The minimum Gasteiger partial charge on any atom is -0.490 e. The lowest BCUT2D eigenvalue weighted by Crippen LogP contribution is -2.39. The summed E-state index contributed by atoms with van der Waals surface area (Å²) >= 11 is 0. The van der Waals surface area contributed by atoms with Crippen LogP contribution >= 0.6 is 0 Å². The van der Waals surface area contributed by atoms with Gasteiger partial charge in [-0.2, -0.15) is 0 Å². The molecule has 0 spiro atoms. The second-order valence-electron chi connectivity index (χ2n) is 4.17. The molecule has 5 nitrogen and oxygen atoms in total. The van der Waals surface area contributed by atoms with Gasteiger partial charge in [-0.25, -0.2) is 0 Å². The first-order chi connectivity index (χ1) is 9.36. The Morgan fingerprint density at radius 2 is 2.16 bits per heavy atom. The molecule has 1 aromatic heterocycles. The van der Waals surface area contributed by atoms with E-state index >= 15 is 0 Å². The molecule has 0 aliphatic rings. The van der Waals surface area contributed by atoms with Crippen molar-refractivity contribution in [3.63, 3.8) is 0 Å². The Kier molecular flexibility index (Phi) is 8.18. The van der Waals surface area contributed by atoms with Crippen molar-refractivity contribution in [3.8, 4) is 5.75 Å². The van der Waals surface area contributed by atoms with Crippen LogP contribution in [0.3, 0.4) is 0 Å². The van der Waals surface area contributed by atoms with Crippen molar-refractivity contribution in [3.05, 3.63) is 24.5 Å². The van der Waals surface area contributed by atoms with Gasteiger partial charge in [0.1, 0.15) is 12.4 Å². The van der Waals surface area contributed by atoms with Gasteiger partial charge in [0.15, 0.2) is 5.96 Å². The third-order valence-electron chi connectivity index (χ3n) is 2.59. The van der Waals surface area contributed by atoms with E-state index < -0.39 is 0 Å². The molecule has 5 heteroatoms. The van der Waals surface area contributed by atoms with Crippen LogP contribution in [0.25, 0.3) is 0 Å². The second-order valence-corrected chi connectivity index (χ2v) is 4.17. The van der Waals surface area contributed by atoms with Gasteiger partial charge in [0.25, 0.3) is 0 Å². The van der Waals surface area contributed by atoms with Gasteiger partial charge < -0.3 is 15.4 Å². The van der Waals surface area contributed by atoms with Crippen LogP contribution in [-0.4, -0.2) is 37.7 Å². The summed E-state index contributed by atoms with van der Waals surface area (Å²) < 4.78 is 5.54. The maximum atomic E-state index is 5.54. The number of nitrogens with one attached hydrogen (secondary N) is 2. The van der Waals surface area contributed by atoms with E-state index in [1.54, 1.807) is 19.4 Å². The van der Waals surface area contributed by atoms with Crippen molar-refractivity contribution in [2.75, 3.05) is 26.7 Å². The summed E-state index contributed by atoms with van der Waals surface area (Å²) in [5.74, 6) is 1.61. The Balaban J connectivity index is 2.09. The second kappa shape index (κ2) is 10.2. The van der Waals surface area contributed by atoms with Gasteiger partial charge in [0.2, 0.25) is 0 Å². The van der Waals surface area contributed by atoms with E-state index in [2.05, 4.69) is 27.5 Å². The molecule has 0 saturated heterocycles. The Hall–Kier alpha value is -1.78. The third kappa shape index (κ3) is 7.28. The maximum Gasteiger partial charge on any atom is 0.191 e. The highest BCUT2D eigenvalue weighted by molar-refractivity contribution is 5.79. The molecule has 0 atom stereocenters. The fourth-order valence-corrected chi connectivity index (χ4v) is 1.57. The highest BCUT2D eigenvalue weighted by Gasteiger charge is 1.97. The average molecular weight is 264 g/mol. The quantitative estimate of drug-likeness (QED) is 0.427. The monoisotopic (exact) mass is 264 g/mol. The number of hydrogen-bond acceptors (Lipinski definition) is 3. The molecule has 1 heterocycles. The molecule has 0 unspecified atom stereocenters. The predicted octanol–water partition coefficient (Wildman–Crippen LogP) is 1.82. The molecule has 0 amide bonds. The molecule has 19 heavy (non-hydrogen) atoms. The van der Waals surface area contributed by atoms with Crippen LogP contribution in [0.15, 0.2) is 29.5 Å². The van der Waals surface area contributed by atoms with Gasteiger partial charge in [-0.15, -0.1) is 0 Å². The standard InChI is InChI=1S/C14H24N4O/c1-3-4-5-9-17-14(15-2)18-10-11-19-13-7-6-8-16-12-13/h6-8,12H,3-5,9-11H2,1-2H3,(H2,15,17,18). The van der Waals surface area contributed by atoms with Crippen LogP contribution in [-0.2, 0) is 0 Å². The highest BCUT2D eigenvalue weighted by atomic mass is 16.5. The molecule has 0 saturated carbocycles. The molecule has 0 bridgehead atoms. The Bertz CT molecular complexity index is 354. The number of aromatic nitrogens is 1. The van der Waals surface area contributed by atoms with E-state index in [1.165, 1.54) is 19.3 Å². The van der Waals surface area contributed by atoms with Gasteiger partial charge in [0.05, 0.1) is 12.7 Å². The van der Waals surface area contributed by atoms with E-state index in [4.69, 9.17) is 4.74 Å². The highest BCUT2D eigenvalue weighted by Crippen LogP contribution is 2.04. The van der Waals surface area contributed by atoms with Gasteiger partial charge in [-0.1, -0.05) is 19.8 Å². The van der Waals surface area contributed by atoms with Crippen molar-refractivity contribution in [2.45, 2.75) is 26.2 Å². The zero-order chi connectivity index (χ0) is 13.8. The summed E-state index contributed by atoms with van der Waals surface area (Å²) in [5, 5.41) is 6.48. The fourth-order valence-electron chi connectivity index (χ4n) is 1.57. The number of hydrogen-bond donors (Lipinski definition) is 2. The van der Waals surface area contributed by atoms with E-state index in [0.717, 1.165) is 18.3 Å². The van der Waals surface area contributed by atoms with Gasteiger partial charge in [0, 0.05) is 19.8 Å². The van der Waals surface area contributed by atoms with Gasteiger partial charge >= 0.3 is 0 Å². The normalized spacial score (nSPS) is 11.2. The first-order valence-corrected chi connectivity index (χ1v) is 6.84. The summed E-state index contributed by atoms with van der Waals surface area (Å²) in [6.45, 7) is 4.45. The summed E-state index contributed by atoms with van der Waals surface area (Å²) in [7, 11) is 1.77.